The number of hydrogen-bond acceptors (Lipinski definition) is 4. The maximum atomic E-state index is 9.40. The van der Waals surface area contributed by atoms with Gasteiger partial charge in [-0.25, -0.2) is 0 Å². The summed E-state index contributed by atoms with van der Waals surface area (Å²) in [6.45, 7) is 4.05. The predicted octanol–water partition coefficient (Wildman–Crippen LogP) is 1.88. The number of hydrogen-bond donors (Lipinski definition) is 1. The molecule has 19 heavy (non-hydrogen) atoms. The van der Waals surface area contributed by atoms with Crippen LogP contribution < -0.4 is 15.2 Å². The van der Waals surface area contributed by atoms with Gasteiger partial charge < -0.3 is 15.2 Å². The van der Waals surface area contributed by atoms with E-state index in [2.05, 4.69) is 13.0 Å². The van der Waals surface area contributed by atoms with Crippen LogP contribution in [0.3, 0.4) is 0 Å². The second-order valence-electron chi connectivity index (χ2n) is 5.05. The molecule has 0 amide bonds. The lowest BCUT2D eigenvalue weighted by Gasteiger charge is -2.20. The summed E-state index contributed by atoms with van der Waals surface area (Å²) in [6, 6.07) is 2.29. The molecular formula is C15H18N2O2. The molecule has 0 saturated heterocycles. The van der Waals surface area contributed by atoms with Crippen molar-refractivity contribution in [2.45, 2.75) is 32.1 Å². The van der Waals surface area contributed by atoms with Crippen LogP contribution in [0.4, 0.5) is 0 Å². The Morgan fingerprint density at radius 3 is 2.53 bits per heavy atom. The largest absolute Gasteiger partial charge is 0.493 e. The maximum absolute atomic E-state index is 9.40. The van der Waals surface area contributed by atoms with Gasteiger partial charge in [0.15, 0.2) is 0 Å². The molecule has 0 bridgehead atoms. The monoisotopic (exact) mass is 258 g/mol. The highest BCUT2D eigenvalue weighted by atomic mass is 16.5. The van der Waals surface area contributed by atoms with Crippen molar-refractivity contribution in [1.82, 2.24) is 0 Å². The smallest absolute Gasteiger partial charge is 0.141 e. The molecule has 0 spiro atoms. The van der Waals surface area contributed by atoms with Crippen molar-refractivity contribution in [3.8, 4) is 17.6 Å². The summed E-state index contributed by atoms with van der Waals surface area (Å²) >= 11 is 0. The van der Waals surface area contributed by atoms with Crippen molar-refractivity contribution in [3.63, 3.8) is 0 Å². The van der Waals surface area contributed by atoms with E-state index in [1.807, 2.05) is 0 Å². The van der Waals surface area contributed by atoms with Gasteiger partial charge in [0.25, 0.3) is 0 Å². The van der Waals surface area contributed by atoms with E-state index < -0.39 is 0 Å². The summed E-state index contributed by atoms with van der Waals surface area (Å²) in [6.07, 6.45) is 2.62. The fraction of sp³-hybridized carbons (Fsp3) is 0.533. The highest BCUT2D eigenvalue weighted by molar-refractivity contribution is 5.66. The molecule has 1 aromatic rings. The zero-order valence-corrected chi connectivity index (χ0v) is 11.2. The minimum atomic E-state index is 0.287. The van der Waals surface area contributed by atoms with Crippen LogP contribution in [0.1, 0.15) is 41.5 Å². The summed E-state index contributed by atoms with van der Waals surface area (Å²) in [4.78, 5) is 0. The van der Waals surface area contributed by atoms with Crippen LogP contribution in [0, 0.1) is 11.3 Å². The molecule has 100 valence electrons. The van der Waals surface area contributed by atoms with E-state index in [-0.39, 0.29) is 5.92 Å². The van der Waals surface area contributed by atoms with E-state index in [1.54, 1.807) is 0 Å². The number of nitrogens with zero attached hydrogens (tertiary/aromatic N) is 1. The molecule has 0 radical (unpaired) electrons. The average molecular weight is 258 g/mol. The summed E-state index contributed by atoms with van der Waals surface area (Å²) in [7, 11) is 0. The Balaban J connectivity index is 2.28. The van der Waals surface area contributed by atoms with Crippen molar-refractivity contribution in [3.05, 3.63) is 22.3 Å². The van der Waals surface area contributed by atoms with Crippen LogP contribution in [0.5, 0.6) is 11.5 Å². The first-order chi connectivity index (χ1) is 9.31. The van der Waals surface area contributed by atoms with Gasteiger partial charge in [-0.2, -0.15) is 5.26 Å². The molecule has 1 unspecified atom stereocenters. The van der Waals surface area contributed by atoms with Crippen molar-refractivity contribution < 1.29 is 9.47 Å². The van der Waals surface area contributed by atoms with Crippen LogP contribution in [0.2, 0.25) is 0 Å². The Morgan fingerprint density at radius 2 is 1.89 bits per heavy atom. The first-order valence-electron chi connectivity index (χ1n) is 6.89. The second kappa shape index (κ2) is 4.75. The van der Waals surface area contributed by atoms with Gasteiger partial charge in [0.1, 0.15) is 23.1 Å². The number of rotatable bonds is 3. The van der Waals surface area contributed by atoms with E-state index in [0.29, 0.717) is 25.3 Å². The number of fused-ring (bicyclic) bond motifs is 2. The van der Waals surface area contributed by atoms with Gasteiger partial charge >= 0.3 is 0 Å². The molecule has 2 aliphatic rings. The quantitative estimate of drug-likeness (QED) is 0.898. The van der Waals surface area contributed by atoms with Gasteiger partial charge in [0, 0.05) is 29.5 Å². The third-order valence-electron chi connectivity index (χ3n) is 4.14. The summed E-state index contributed by atoms with van der Waals surface area (Å²) in [5.41, 5.74) is 9.95. The van der Waals surface area contributed by atoms with Gasteiger partial charge in [0.05, 0.1) is 13.2 Å². The SMILES string of the molecule is CCC(CN)c1c2c(c(C#N)c3c1OCC3)OCC2. The van der Waals surface area contributed by atoms with E-state index in [0.717, 1.165) is 41.9 Å². The van der Waals surface area contributed by atoms with Gasteiger partial charge in [0.2, 0.25) is 0 Å². The first-order valence-corrected chi connectivity index (χ1v) is 6.89. The average Bonchev–Trinajstić information content (AvgIpc) is 3.07. The Hall–Kier alpha value is -1.73. The molecule has 3 rings (SSSR count). The zero-order chi connectivity index (χ0) is 13.4. The van der Waals surface area contributed by atoms with E-state index >= 15 is 0 Å². The first kappa shape index (κ1) is 12.3. The Morgan fingerprint density at radius 1 is 1.21 bits per heavy atom. The number of nitriles is 1. The molecule has 0 aromatic heterocycles. The molecule has 2 N–H and O–H groups in total. The fourth-order valence-electron chi connectivity index (χ4n) is 3.18. The van der Waals surface area contributed by atoms with E-state index in [9.17, 15) is 5.26 Å². The molecule has 2 heterocycles. The predicted molar refractivity (Wildman–Crippen MR) is 71.6 cm³/mol. The van der Waals surface area contributed by atoms with E-state index in [1.165, 1.54) is 5.56 Å². The van der Waals surface area contributed by atoms with Gasteiger partial charge in [-0.1, -0.05) is 6.92 Å². The summed E-state index contributed by atoms with van der Waals surface area (Å²) in [5, 5.41) is 9.40. The standard InChI is InChI=1S/C15H18N2O2/c1-2-9(7-16)13-11-4-6-18-14(11)12(8-17)10-3-5-19-15(10)13/h9H,2-7,16H2,1H3. The molecular weight excluding hydrogens is 240 g/mol. The van der Waals surface area contributed by atoms with Crippen molar-refractivity contribution in [2.24, 2.45) is 5.73 Å². The molecule has 0 fully saturated rings. The number of benzene rings is 1. The van der Waals surface area contributed by atoms with Crippen LogP contribution in [0.25, 0.3) is 0 Å². The van der Waals surface area contributed by atoms with Crippen LogP contribution in [-0.2, 0) is 12.8 Å². The topological polar surface area (TPSA) is 68.3 Å². The van der Waals surface area contributed by atoms with Gasteiger partial charge in [-0.05, 0) is 18.9 Å². The molecule has 4 heteroatoms. The normalized spacial score (nSPS) is 17.1. The van der Waals surface area contributed by atoms with Gasteiger partial charge in [-0.3, -0.25) is 0 Å². The third kappa shape index (κ3) is 1.69. The molecule has 0 aliphatic carbocycles. The summed E-state index contributed by atoms with van der Waals surface area (Å²) < 4.78 is 11.5. The second-order valence-corrected chi connectivity index (χ2v) is 5.05. The highest BCUT2D eigenvalue weighted by Gasteiger charge is 2.33. The van der Waals surface area contributed by atoms with Crippen molar-refractivity contribution >= 4 is 0 Å². The summed E-state index contributed by atoms with van der Waals surface area (Å²) in [5.74, 6) is 1.99. The molecule has 2 aliphatic heterocycles. The number of nitrogens with two attached hydrogens (primary N) is 1. The highest BCUT2D eigenvalue weighted by Crippen LogP contribution is 2.47. The number of ether oxygens (including phenoxy) is 2. The van der Waals surface area contributed by atoms with Crippen LogP contribution >= 0.6 is 0 Å². The third-order valence-corrected chi connectivity index (χ3v) is 4.14. The van der Waals surface area contributed by atoms with Crippen LogP contribution in [0.15, 0.2) is 0 Å². The lowest BCUT2D eigenvalue weighted by Crippen LogP contribution is -2.14. The lowest BCUT2D eigenvalue weighted by atomic mass is 9.86. The van der Waals surface area contributed by atoms with Crippen LogP contribution in [-0.4, -0.2) is 19.8 Å². The Bertz CT molecular complexity index is 521. The van der Waals surface area contributed by atoms with Crippen molar-refractivity contribution in [1.29, 1.82) is 5.26 Å². The lowest BCUT2D eigenvalue weighted by molar-refractivity contribution is 0.350. The molecule has 1 atom stereocenters. The van der Waals surface area contributed by atoms with E-state index in [4.69, 9.17) is 15.2 Å². The Kier molecular flexibility index (Phi) is 3.08. The molecule has 4 nitrogen and oxygen atoms in total. The molecule has 1 aromatic carbocycles. The minimum absolute atomic E-state index is 0.287. The van der Waals surface area contributed by atoms with Gasteiger partial charge in [-0.15, -0.1) is 0 Å². The molecule has 0 saturated carbocycles. The zero-order valence-electron chi connectivity index (χ0n) is 11.2. The minimum Gasteiger partial charge on any atom is -0.493 e. The fourth-order valence-corrected chi connectivity index (χ4v) is 3.18. The maximum Gasteiger partial charge on any atom is 0.141 e. The van der Waals surface area contributed by atoms with Crippen molar-refractivity contribution in [2.75, 3.05) is 19.8 Å². The Labute approximate surface area is 113 Å².